The molecule has 156 valence electrons. The number of amides is 3. The molecule has 0 aliphatic heterocycles. The molecule has 0 aliphatic rings. The topological polar surface area (TPSA) is 145 Å². The Bertz CT molecular complexity index is 912. The number of nitrogens with two attached hydrogens (primary N) is 1. The van der Waals surface area contributed by atoms with Gasteiger partial charge in [0, 0.05) is 12.0 Å². The van der Waals surface area contributed by atoms with Crippen molar-refractivity contribution in [3.05, 3.63) is 71.8 Å². The molecule has 2 aromatic carbocycles. The third kappa shape index (κ3) is 5.90. The molecule has 0 heterocycles. The molecule has 0 bridgehead atoms. The lowest BCUT2D eigenvalue weighted by atomic mass is 9.96. The van der Waals surface area contributed by atoms with Crippen LogP contribution in [-0.4, -0.2) is 35.0 Å². The van der Waals surface area contributed by atoms with Gasteiger partial charge in [0.1, 0.15) is 6.04 Å². The van der Waals surface area contributed by atoms with Gasteiger partial charge in [0.25, 0.3) is 11.8 Å². The number of primary amides is 1. The van der Waals surface area contributed by atoms with E-state index in [9.17, 15) is 19.5 Å². The van der Waals surface area contributed by atoms with Crippen molar-refractivity contribution < 1.29 is 19.5 Å². The van der Waals surface area contributed by atoms with Gasteiger partial charge in [0.15, 0.2) is 6.10 Å². The maximum Gasteiger partial charge on any atom is 0.252 e. The monoisotopic (exact) mass is 408 g/mol. The van der Waals surface area contributed by atoms with Crippen molar-refractivity contribution in [1.29, 1.82) is 5.26 Å². The fraction of sp³-hybridized carbons (Fsp3) is 0.273. The van der Waals surface area contributed by atoms with Gasteiger partial charge in [-0.05, 0) is 23.6 Å². The first-order chi connectivity index (χ1) is 14.3. The summed E-state index contributed by atoms with van der Waals surface area (Å²) in [6.45, 7) is 1.59. The van der Waals surface area contributed by atoms with E-state index in [4.69, 9.17) is 11.0 Å². The Labute approximate surface area is 174 Å². The van der Waals surface area contributed by atoms with E-state index >= 15 is 0 Å². The van der Waals surface area contributed by atoms with Crippen LogP contribution < -0.4 is 16.4 Å². The number of carbonyl (C=O) groups excluding carboxylic acids is 3. The van der Waals surface area contributed by atoms with Crippen LogP contribution in [0.1, 0.15) is 35.3 Å². The number of aliphatic hydroxyl groups is 1. The molecular weight excluding hydrogens is 384 g/mol. The Morgan fingerprint density at radius 3 is 2.13 bits per heavy atom. The highest BCUT2D eigenvalue weighted by molar-refractivity contribution is 5.95. The van der Waals surface area contributed by atoms with Crippen LogP contribution in [0.15, 0.2) is 60.7 Å². The number of hydrogen-bond donors (Lipinski definition) is 4. The van der Waals surface area contributed by atoms with Gasteiger partial charge in [-0.2, -0.15) is 5.26 Å². The van der Waals surface area contributed by atoms with E-state index in [2.05, 4.69) is 10.6 Å². The molecular formula is C22H24N4O4. The predicted octanol–water partition coefficient (Wildman–Crippen LogP) is 1.04. The summed E-state index contributed by atoms with van der Waals surface area (Å²) in [6.07, 6.45) is -1.70. The Morgan fingerprint density at radius 2 is 1.60 bits per heavy atom. The molecule has 0 saturated carbocycles. The number of rotatable bonds is 9. The van der Waals surface area contributed by atoms with Crippen molar-refractivity contribution in [3.63, 3.8) is 0 Å². The van der Waals surface area contributed by atoms with Crippen LogP contribution in [0.5, 0.6) is 0 Å². The Morgan fingerprint density at radius 1 is 1.03 bits per heavy atom. The fourth-order valence-corrected chi connectivity index (χ4v) is 2.96. The van der Waals surface area contributed by atoms with Crippen molar-refractivity contribution in [2.24, 2.45) is 11.7 Å². The minimum Gasteiger partial charge on any atom is -0.381 e. The predicted molar refractivity (Wildman–Crippen MR) is 110 cm³/mol. The fourth-order valence-electron chi connectivity index (χ4n) is 2.96. The Kier molecular flexibility index (Phi) is 8.08. The van der Waals surface area contributed by atoms with Crippen LogP contribution >= 0.6 is 0 Å². The second-order valence-corrected chi connectivity index (χ2v) is 6.90. The average Bonchev–Trinajstić information content (AvgIpc) is 2.76. The molecule has 8 nitrogen and oxygen atoms in total. The minimum atomic E-state index is -1.70. The quantitative estimate of drug-likeness (QED) is 0.490. The van der Waals surface area contributed by atoms with E-state index in [-0.39, 0.29) is 6.42 Å². The molecule has 30 heavy (non-hydrogen) atoms. The van der Waals surface area contributed by atoms with E-state index in [1.807, 2.05) is 6.07 Å². The first kappa shape index (κ1) is 22.6. The van der Waals surface area contributed by atoms with E-state index in [1.165, 1.54) is 0 Å². The number of nitrogens with zero attached hydrogens (tertiary/aromatic N) is 1. The van der Waals surface area contributed by atoms with Gasteiger partial charge < -0.3 is 21.5 Å². The van der Waals surface area contributed by atoms with Crippen molar-refractivity contribution in [2.45, 2.75) is 31.5 Å². The van der Waals surface area contributed by atoms with E-state index in [0.717, 1.165) is 0 Å². The molecule has 3 amide bonds. The molecule has 0 fully saturated rings. The molecule has 0 radical (unpaired) electrons. The molecule has 0 spiro atoms. The van der Waals surface area contributed by atoms with Crippen molar-refractivity contribution in [3.8, 4) is 6.07 Å². The highest BCUT2D eigenvalue weighted by Gasteiger charge is 2.33. The largest absolute Gasteiger partial charge is 0.381 e. The number of nitrogens with one attached hydrogen (secondary N) is 2. The van der Waals surface area contributed by atoms with Crippen molar-refractivity contribution >= 4 is 17.7 Å². The van der Waals surface area contributed by atoms with E-state index < -0.39 is 41.8 Å². The number of carbonyl (C=O) groups is 3. The summed E-state index contributed by atoms with van der Waals surface area (Å²) >= 11 is 0. The number of nitriles is 1. The van der Waals surface area contributed by atoms with Gasteiger partial charge in [-0.25, -0.2) is 0 Å². The first-order valence-electron chi connectivity index (χ1n) is 9.40. The van der Waals surface area contributed by atoms with Gasteiger partial charge in [-0.1, -0.05) is 55.5 Å². The SMILES string of the molecule is C[C@H](CC#N)[C@@H](NC(=O)[C@H](O)[C@@H](NC(=O)c1ccccc1)c1ccccc1)C(N)=O. The standard InChI is InChI=1S/C22H24N4O4/c1-14(12-13-23)17(20(24)28)25-22(30)19(27)18(15-8-4-2-5-9-15)26-21(29)16-10-6-3-7-11-16/h2-11,14,17-19,27H,12H2,1H3,(H2,24,28)(H,25,30)(H,26,29)/t14-,17-,18+,19-/m1/s1. The molecule has 0 aromatic heterocycles. The average molecular weight is 408 g/mol. The molecule has 5 N–H and O–H groups in total. The number of hydrogen-bond acceptors (Lipinski definition) is 5. The molecule has 0 aliphatic carbocycles. The lowest BCUT2D eigenvalue weighted by Gasteiger charge is -2.27. The molecule has 4 atom stereocenters. The van der Waals surface area contributed by atoms with Crippen LogP contribution in [0.4, 0.5) is 0 Å². The zero-order valence-electron chi connectivity index (χ0n) is 16.5. The van der Waals surface area contributed by atoms with Crippen LogP contribution in [-0.2, 0) is 9.59 Å². The van der Waals surface area contributed by atoms with Gasteiger partial charge in [-0.3, -0.25) is 14.4 Å². The van der Waals surface area contributed by atoms with E-state index in [0.29, 0.717) is 11.1 Å². The van der Waals surface area contributed by atoms with Gasteiger partial charge in [-0.15, -0.1) is 0 Å². The van der Waals surface area contributed by atoms with Crippen molar-refractivity contribution in [2.75, 3.05) is 0 Å². The third-order valence-corrected chi connectivity index (χ3v) is 4.65. The number of aliphatic hydroxyl groups excluding tert-OH is 1. The minimum absolute atomic E-state index is 0.00314. The normalized spacial score (nSPS) is 14.4. The van der Waals surface area contributed by atoms with Gasteiger partial charge in [0.2, 0.25) is 5.91 Å². The summed E-state index contributed by atoms with van der Waals surface area (Å²) in [5.41, 5.74) is 6.22. The Balaban J connectivity index is 2.24. The summed E-state index contributed by atoms with van der Waals surface area (Å²) < 4.78 is 0. The first-order valence-corrected chi connectivity index (χ1v) is 9.40. The second kappa shape index (κ2) is 10.7. The zero-order chi connectivity index (χ0) is 22.1. The van der Waals surface area contributed by atoms with Gasteiger partial charge in [0.05, 0.1) is 12.1 Å². The van der Waals surface area contributed by atoms with Crippen LogP contribution in [0.25, 0.3) is 0 Å². The van der Waals surface area contributed by atoms with Crippen LogP contribution in [0.2, 0.25) is 0 Å². The molecule has 0 unspecified atom stereocenters. The smallest absolute Gasteiger partial charge is 0.252 e. The molecule has 8 heteroatoms. The lowest BCUT2D eigenvalue weighted by molar-refractivity contribution is -0.135. The highest BCUT2D eigenvalue weighted by Crippen LogP contribution is 2.19. The summed E-state index contributed by atoms with van der Waals surface area (Å²) in [5.74, 6) is -2.72. The van der Waals surface area contributed by atoms with Crippen molar-refractivity contribution in [1.82, 2.24) is 10.6 Å². The maximum absolute atomic E-state index is 12.7. The summed E-state index contributed by atoms with van der Waals surface area (Å²) in [6, 6.07) is 16.6. The van der Waals surface area contributed by atoms with E-state index in [1.54, 1.807) is 67.6 Å². The molecule has 2 rings (SSSR count). The molecule has 2 aromatic rings. The van der Waals surface area contributed by atoms with Gasteiger partial charge >= 0.3 is 0 Å². The van der Waals surface area contributed by atoms with Crippen LogP contribution in [0.3, 0.4) is 0 Å². The molecule has 0 saturated heterocycles. The summed E-state index contributed by atoms with van der Waals surface area (Å²) in [4.78, 5) is 37.0. The van der Waals surface area contributed by atoms with Crippen LogP contribution in [0, 0.1) is 17.2 Å². The summed E-state index contributed by atoms with van der Waals surface area (Å²) in [5, 5.41) is 24.6. The summed E-state index contributed by atoms with van der Waals surface area (Å²) in [7, 11) is 0. The Hall–Kier alpha value is -3.70. The highest BCUT2D eigenvalue weighted by atomic mass is 16.3. The zero-order valence-corrected chi connectivity index (χ0v) is 16.5. The second-order valence-electron chi connectivity index (χ2n) is 6.90. The number of benzene rings is 2. The lowest BCUT2D eigenvalue weighted by Crippen LogP contribution is -2.53. The third-order valence-electron chi connectivity index (χ3n) is 4.65. The maximum atomic E-state index is 12.7.